The normalized spacial score (nSPS) is 16.3. The maximum atomic E-state index is 12.2. The van der Waals surface area contributed by atoms with Crippen LogP contribution in [-0.2, 0) is 9.47 Å². The molecule has 1 saturated heterocycles. The summed E-state index contributed by atoms with van der Waals surface area (Å²) in [5, 5.41) is 6.53. The number of guanidine groups is 1. The van der Waals surface area contributed by atoms with Crippen LogP contribution in [0.25, 0.3) is 0 Å². The molecule has 0 unspecified atom stereocenters. The van der Waals surface area contributed by atoms with Gasteiger partial charge in [0.05, 0.1) is 19.8 Å². The van der Waals surface area contributed by atoms with E-state index in [1.165, 1.54) is 0 Å². The predicted octanol–water partition coefficient (Wildman–Crippen LogP) is 1.13. The molecule has 0 aliphatic carbocycles. The molecule has 8 nitrogen and oxygen atoms in total. The molecule has 26 heavy (non-hydrogen) atoms. The number of ether oxygens (including phenoxy) is 2. The molecule has 1 fully saturated rings. The van der Waals surface area contributed by atoms with Crippen LogP contribution in [0, 0.1) is 0 Å². The summed E-state index contributed by atoms with van der Waals surface area (Å²) in [6.07, 6.45) is -0.281. The van der Waals surface area contributed by atoms with E-state index in [9.17, 15) is 4.79 Å². The summed E-state index contributed by atoms with van der Waals surface area (Å²) in [7, 11) is 0. The number of amides is 1. The summed E-state index contributed by atoms with van der Waals surface area (Å²) in [6, 6.07) is 0. The van der Waals surface area contributed by atoms with E-state index in [1.54, 1.807) is 4.90 Å². The quantitative estimate of drug-likeness (QED) is 0.492. The number of hydrogen-bond acceptors (Lipinski definition) is 5. The molecule has 0 spiro atoms. The lowest BCUT2D eigenvalue weighted by Gasteiger charge is -2.27. The second kappa shape index (κ2) is 12.0. The number of carbonyl (C=O) groups is 1. The molecule has 0 saturated carbocycles. The number of aliphatic imine (C=N–C) groups is 1. The first kappa shape index (κ1) is 22.5. The zero-order valence-electron chi connectivity index (χ0n) is 17.1. The minimum absolute atomic E-state index is 0.281. The number of nitrogens with zero attached hydrogens (tertiary/aromatic N) is 3. The lowest BCUT2D eigenvalue weighted by Crippen LogP contribution is -2.44. The molecular weight excluding hydrogens is 334 g/mol. The van der Waals surface area contributed by atoms with Gasteiger partial charge in [-0.2, -0.15) is 0 Å². The maximum Gasteiger partial charge on any atom is 0.410 e. The lowest BCUT2D eigenvalue weighted by atomic mass is 10.2. The fraction of sp³-hybridized carbons (Fsp3) is 0.889. The van der Waals surface area contributed by atoms with Crippen molar-refractivity contribution in [3.8, 4) is 0 Å². The molecule has 1 amide bonds. The van der Waals surface area contributed by atoms with Crippen molar-refractivity contribution in [3.05, 3.63) is 0 Å². The molecule has 0 aromatic carbocycles. The van der Waals surface area contributed by atoms with Crippen molar-refractivity contribution in [2.45, 2.75) is 40.2 Å². The monoisotopic (exact) mass is 371 g/mol. The highest BCUT2D eigenvalue weighted by Crippen LogP contribution is 2.09. The van der Waals surface area contributed by atoms with Gasteiger partial charge >= 0.3 is 6.09 Å². The molecule has 0 aromatic heterocycles. The van der Waals surface area contributed by atoms with Crippen LogP contribution < -0.4 is 10.6 Å². The molecule has 152 valence electrons. The van der Waals surface area contributed by atoms with E-state index < -0.39 is 5.60 Å². The van der Waals surface area contributed by atoms with E-state index in [-0.39, 0.29) is 6.09 Å². The van der Waals surface area contributed by atoms with Crippen molar-refractivity contribution in [2.75, 3.05) is 65.6 Å². The first-order valence-corrected chi connectivity index (χ1v) is 9.66. The van der Waals surface area contributed by atoms with E-state index in [1.807, 2.05) is 34.6 Å². The van der Waals surface area contributed by atoms with Crippen molar-refractivity contribution in [1.82, 2.24) is 20.4 Å². The standard InChI is InChI=1S/C18H37N5O3/c1-6-19-16(20-8-10-22-12-14-25-15-13-22)21-9-11-23(7-2)17(24)26-18(3,4)5/h6-15H2,1-5H3,(H2,19,20,21). The molecule has 1 aliphatic rings. The molecule has 1 heterocycles. The molecule has 0 aromatic rings. The highest BCUT2D eigenvalue weighted by molar-refractivity contribution is 5.79. The number of likely N-dealkylation sites (N-methyl/N-ethyl adjacent to an activating group) is 1. The zero-order valence-corrected chi connectivity index (χ0v) is 17.1. The van der Waals surface area contributed by atoms with Crippen LogP contribution in [0.3, 0.4) is 0 Å². The molecule has 0 bridgehead atoms. The summed E-state index contributed by atoms with van der Waals surface area (Å²) >= 11 is 0. The fourth-order valence-corrected chi connectivity index (χ4v) is 2.48. The van der Waals surface area contributed by atoms with Gasteiger partial charge in [-0.3, -0.25) is 9.89 Å². The van der Waals surface area contributed by atoms with Gasteiger partial charge in [0, 0.05) is 45.8 Å². The number of nitrogens with one attached hydrogen (secondary N) is 2. The Morgan fingerprint density at radius 3 is 2.50 bits per heavy atom. The predicted molar refractivity (Wildman–Crippen MR) is 105 cm³/mol. The van der Waals surface area contributed by atoms with Crippen molar-refractivity contribution < 1.29 is 14.3 Å². The number of hydrogen-bond donors (Lipinski definition) is 2. The van der Waals surface area contributed by atoms with Crippen LogP contribution in [0.2, 0.25) is 0 Å². The van der Waals surface area contributed by atoms with Crippen molar-refractivity contribution in [1.29, 1.82) is 0 Å². The van der Waals surface area contributed by atoms with Gasteiger partial charge in [0.1, 0.15) is 5.60 Å². The second-order valence-corrected chi connectivity index (χ2v) is 7.20. The van der Waals surface area contributed by atoms with Crippen molar-refractivity contribution in [3.63, 3.8) is 0 Å². The Bertz CT molecular complexity index is 431. The minimum Gasteiger partial charge on any atom is -0.444 e. The van der Waals surface area contributed by atoms with E-state index >= 15 is 0 Å². The molecule has 0 radical (unpaired) electrons. The number of morpholine rings is 1. The molecule has 1 aliphatic heterocycles. The molecule has 0 atom stereocenters. The first-order chi connectivity index (χ1) is 12.4. The van der Waals surface area contributed by atoms with E-state index in [2.05, 4.69) is 20.5 Å². The fourth-order valence-electron chi connectivity index (χ4n) is 2.48. The van der Waals surface area contributed by atoms with E-state index in [0.717, 1.165) is 51.9 Å². The van der Waals surface area contributed by atoms with Crippen LogP contribution in [0.15, 0.2) is 4.99 Å². The van der Waals surface area contributed by atoms with Gasteiger partial charge in [-0.15, -0.1) is 0 Å². The molecule has 8 heteroatoms. The van der Waals surface area contributed by atoms with E-state index in [4.69, 9.17) is 9.47 Å². The third kappa shape index (κ3) is 9.82. The average molecular weight is 372 g/mol. The summed E-state index contributed by atoms with van der Waals surface area (Å²) < 4.78 is 10.8. The van der Waals surface area contributed by atoms with Crippen molar-refractivity contribution in [2.24, 2.45) is 4.99 Å². The Kier molecular flexibility index (Phi) is 10.3. The summed E-state index contributed by atoms with van der Waals surface area (Å²) in [5.41, 5.74) is -0.478. The second-order valence-electron chi connectivity index (χ2n) is 7.20. The van der Waals surface area contributed by atoms with Crippen LogP contribution in [0.1, 0.15) is 34.6 Å². The Hall–Kier alpha value is -1.54. The van der Waals surface area contributed by atoms with Crippen LogP contribution >= 0.6 is 0 Å². The third-order valence-corrected chi connectivity index (χ3v) is 3.84. The summed E-state index contributed by atoms with van der Waals surface area (Å²) in [5.74, 6) is 0.779. The van der Waals surface area contributed by atoms with Gasteiger partial charge in [-0.05, 0) is 34.6 Å². The lowest BCUT2D eigenvalue weighted by molar-refractivity contribution is 0.0264. The topological polar surface area (TPSA) is 78.4 Å². The summed E-state index contributed by atoms with van der Waals surface area (Å²) in [6.45, 7) is 17.4. The van der Waals surface area contributed by atoms with Gasteiger partial charge in [0.15, 0.2) is 5.96 Å². The van der Waals surface area contributed by atoms with Crippen LogP contribution in [-0.4, -0.2) is 93.0 Å². The van der Waals surface area contributed by atoms with Gasteiger partial charge < -0.3 is 25.0 Å². The third-order valence-electron chi connectivity index (χ3n) is 3.84. The Morgan fingerprint density at radius 2 is 1.92 bits per heavy atom. The largest absolute Gasteiger partial charge is 0.444 e. The van der Waals surface area contributed by atoms with Gasteiger partial charge in [0.2, 0.25) is 0 Å². The first-order valence-electron chi connectivity index (χ1n) is 9.66. The minimum atomic E-state index is -0.478. The SMILES string of the molecule is CCNC(=NCCN1CCOCC1)NCCN(CC)C(=O)OC(C)(C)C. The van der Waals surface area contributed by atoms with Crippen molar-refractivity contribution >= 4 is 12.1 Å². The van der Waals surface area contributed by atoms with Gasteiger partial charge in [-0.25, -0.2) is 4.79 Å². The Morgan fingerprint density at radius 1 is 1.23 bits per heavy atom. The highest BCUT2D eigenvalue weighted by Gasteiger charge is 2.20. The summed E-state index contributed by atoms with van der Waals surface area (Å²) in [4.78, 5) is 20.8. The number of rotatable bonds is 8. The number of carbonyl (C=O) groups excluding carboxylic acids is 1. The average Bonchev–Trinajstić information content (AvgIpc) is 2.58. The molecule has 1 rings (SSSR count). The molecular formula is C18H37N5O3. The highest BCUT2D eigenvalue weighted by atomic mass is 16.6. The smallest absolute Gasteiger partial charge is 0.410 e. The maximum absolute atomic E-state index is 12.2. The Labute approximate surface area is 158 Å². The molecule has 2 N–H and O–H groups in total. The van der Waals surface area contributed by atoms with Gasteiger partial charge in [-0.1, -0.05) is 0 Å². The Balaban J connectivity index is 2.38. The van der Waals surface area contributed by atoms with E-state index in [0.29, 0.717) is 19.6 Å². The van der Waals surface area contributed by atoms with Crippen LogP contribution in [0.5, 0.6) is 0 Å². The zero-order chi connectivity index (χ0) is 19.4. The van der Waals surface area contributed by atoms with Crippen LogP contribution in [0.4, 0.5) is 4.79 Å². The van der Waals surface area contributed by atoms with Gasteiger partial charge in [0.25, 0.3) is 0 Å².